The van der Waals surface area contributed by atoms with Crippen molar-refractivity contribution in [3.63, 3.8) is 0 Å². The average molecular weight is 397 g/mol. The van der Waals surface area contributed by atoms with Crippen LogP contribution in [0.1, 0.15) is 41.5 Å². The van der Waals surface area contributed by atoms with Crippen LogP contribution in [0.15, 0.2) is 26.0 Å². The zero-order valence-electron chi connectivity index (χ0n) is 16.7. The summed E-state index contributed by atoms with van der Waals surface area (Å²) in [5, 5.41) is 11.1. The number of benzene rings is 1. The van der Waals surface area contributed by atoms with Gasteiger partial charge in [0.2, 0.25) is 5.91 Å². The molecular formula is C22H23NO6. The van der Waals surface area contributed by atoms with Crippen LogP contribution in [-0.2, 0) is 16.0 Å². The van der Waals surface area contributed by atoms with Crippen molar-refractivity contribution in [1.82, 2.24) is 4.90 Å². The van der Waals surface area contributed by atoms with Gasteiger partial charge in [-0.1, -0.05) is 0 Å². The van der Waals surface area contributed by atoms with Crippen LogP contribution in [0.2, 0.25) is 0 Å². The summed E-state index contributed by atoms with van der Waals surface area (Å²) in [7, 11) is 0. The molecule has 1 fully saturated rings. The normalized spacial score (nSPS) is 16.8. The number of carbonyl (C=O) groups is 2. The van der Waals surface area contributed by atoms with E-state index in [0.717, 1.165) is 27.5 Å². The fourth-order valence-corrected chi connectivity index (χ4v) is 4.31. The number of rotatable bonds is 4. The van der Waals surface area contributed by atoms with Gasteiger partial charge >= 0.3 is 11.6 Å². The second-order valence-corrected chi connectivity index (χ2v) is 7.75. The number of amides is 1. The number of hydrogen-bond donors (Lipinski definition) is 1. The molecule has 0 spiro atoms. The third-order valence-electron chi connectivity index (χ3n) is 5.98. The molecule has 0 unspecified atom stereocenters. The molecule has 152 valence electrons. The van der Waals surface area contributed by atoms with Crippen molar-refractivity contribution in [1.29, 1.82) is 0 Å². The van der Waals surface area contributed by atoms with Crippen molar-refractivity contribution in [2.24, 2.45) is 0 Å². The first-order chi connectivity index (χ1) is 13.8. The Morgan fingerprint density at radius 3 is 2.66 bits per heavy atom. The second kappa shape index (κ2) is 7.06. The first kappa shape index (κ1) is 19.2. The molecule has 7 nitrogen and oxygen atoms in total. The predicted octanol–water partition coefficient (Wildman–Crippen LogP) is 3.47. The van der Waals surface area contributed by atoms with Gasteiger partial charge in [0.15, 0.2) is 0 Å². The van der Waals surface area contributed by atoms with Gasteiger partial charge in [0.05, 0.1) is 6.26 Å². The Balaban J connectivity index is 1.68. The predicted molar refractivity (Wildman–Crippen MR) is 107 cm³/mol. The minimum absolute atomic E-state index is 0.0762. The number of nitrogens with zero attached hydrogens (tertiary/aromatic N) is 1. The molecule has 4 rings (SSSR count). The summed E-state index contributed by atoms with van der Waals surface area (Å²) in [5.41, 5.74) is 3.74. The van der Waals surface area contributed by atoms with E-state index in [4.69, 9.17) is 8.83 Å². The smallest absolute Gasteiger partial charge is 0.339 e. The van der Waals surface area contributed by atoms with E-state index in [2.05, 4.69) is 0 Å². The fourth-order valence-electron chi connectivity index (χ4n) is 4.31. The second-order valence-electron chi connectivity index (χ2n) is 7.75. The van der Waals surface area contributed by atoms with E-state index in [1.54, 1.807) is 6.26 Å². The Labute approximate surface area is 166 Å². The molecule has 2 aromatic heterocycles. The topological polar surface area (TPSA) is 101 Å². The minimum Gasteiger partial charge on any atom is -0.480 e. The van der Waals surface area contributed by atoms with Crippen molar-refractivity contribution < 1.29 is 23.5 Å². The van der Waals surface area contributed by atoms with Gasteiger partial charge in [-0.3, -0.25) is 4.79 Å². The molecule has 0 saturated carbocycles. The molecule has 1 N–H and O–H groups in total. The highest BCUT2D eigenvalue weighted by molar-refractivity contribution is 5.99. The van der Waals surface area contributed by atoms with Crippen LogP contribution in [0.5, 0.6) is 0 Å². The number of likely N-dealkylation sites (tertiary alicyclic amines) is 1. The standard InChI is InChI=1S/C22H23NO6/c1-11-10-28-19-13(3)20-16(9-15(11)19)12(2)14(22(27)29-20)6-7-18(24)23-8-4-5-17(23)21(25)26/h9-10,17H,4-8H2,1-3H3,(H,25,26)/t17-/m0/s1. The van der Waals surface area contributed by atoms with E-state index in [0.29, 0.717) is 36.1 Å². The molecule has 1 aliphatic rings. The van der Waals surface area contributed by atoms with Crippen molar-refractivity contribution in [2.45, 2.75) is 52.5 Å². The lowest BCUT2D eigenvalue weighted by Crippen LogP contribution is -2.40. The molecule has 3 aromatic rings. The maximum atomic E-state index is 12.6. The van der Waals surface area contributed by atoms with Crippen LogP contribution in [0.3, 0.4) is 0 Å². The number of hydrogen-bond acceptors (Lipinski definition) is 5. The van der Waals surface area contributed by atoms with E-state index in [1.807, 2.05) is 26.8 Å². The van der Waals surface area contributed by atoms with Gasteiger partial charge in [-0.25, -0.2) is 9.59 Å². The molecule has 1 atom stereocenters. The average Bonchev–Trinajstić information content (AvgIpc) is 3.30. The van der Waals surface area contributed by atoms with Crippen LogP contribution in [-0.4, -0.2) is 34.5 Å². The number of aliphatic carboxylic acids is 1. The van der Waals surface area contributed by atoms with E-state index in [1.165, 1.54) is 4.90 Å². The molecule has 0 bridgehead atoms. The van der Waals surface area contributed by atoms with Crippen molar-refractivity contribution in [2.75, 3.05) is 6.54 Å². The summed E-state index contributed by atoms with van der Waals surface area (Å²) in [5.74, 6) is -1.22. The Hall–Kier alpha value is -3.09. The van der Waals surface area contributed by atoms with Crippen LogP contribution < -0.4 is 5.63 Å². The quantitative estimate of drug-likeness (QED) is 0.677. The Kier molecular flexibility index (Phi) is 4.68. The maximum absolute atomic E-state index is 12.6. The third-order valence-corrected chi connectivity index (χ3v) is 5.98. The molecule has 1 amide bonds. The van der Waals surface area contributed by atoms with Gasteiger partial charge in [0.1, 0.15) is 17.2 Å². The lowest BCUT2D eigenvalue weighted by molar-refractivity contribution is -0.148. The Morgan fingerprint density at radius 1 is 1.17 bits per heavy atom. The molecule has 1 saturated heterocycles. The van der Waals surface area contributed by atoms with Gasteiger partial charge in [-0.2, -0.15) is 0 Å². The lowest BCUT2D eigenvalue weighted by Gasteiger charge is -2.21. The number of aryl methyl sites for hydroxylation is 3. The molecule has 1 aliphatic heterocycles. The summed E-state index contributed by atoms with van der Waals surface area (Å²) >= 11 is 0. The fraction of sp³-hybridized carbons (Fsp3) is 0.409. The number of carbonyl (C=O) groups excluding carboxylic acids is 1. The van der Waals surface area contributed by atoms with E-state index in [9.17, 15) is 19.5 Å². The zero-order valence-corrected chi connectivity index (χ0v) is 16.7. The summed E-state index contributed by atoms with van der Waals surface area (Å²) in [4.78, 5) is 37.9. The van der Waals surface area contributed by atoms with Gasteiger partial charge in [0, 0.05) is 34.9 Å². The molecule has 0 radical (unpaired) electrons. The number of carboxylic acids is 1. The SMILES string of the molecule is Cc1coc2c(C)c3oc(=O)c(CCC(=O)N4CCC[C@H]4C(=O)O)c(C)c3cc12. The van der Waals surface area contributed by atoms with Gasteiger partial charge in [-0.15, -0.1) is 0 Å². The number of fused-ring (bicyclic) bond motifs is 2. The maximum Gasteiger partial charge on any atom is 0.339 e. The highest BCUT2D eigenvalue weighted by Gasteiger charge is 2.33. The van der Waals surface area contributed by atoms with Crippen molar-refractivity contribution in [3.8, 4) is 0 Å². The van der Waals surface area contributed by atoms with E-state index < -0.39 is 17.6 Å². The van der Waals surface area contributed by atoms with Crippen LogP contribution in [0, 0.1) is 20.8 Å². The molecule has 29 heavy (non-hydrogen) atoms. The van der Waals surface area contributed by atoms with E-state index in [-0.39, 0.29) is 18.7 Å². The summed E-state index contributed by atoms with van der Waals surface area (Å²) in [6.45, 7) is 6.12. The lowest BCUT2D eigenvalue weighted by atomic mass is 9.98. The zero-order chi connectivity index (χ0) is 20.9. The number of carboxylic acid groups (broad SMARTS) is 1. The van der Waals surface area contributed by atoms with Crippen LogP contribution >= 0.6 is 0 Å². The largest absolute Gasteiger partial charge is 0.480 e. The minimum atomic E-state index is -0.979. The Bertz CT molecular complexity index is 1200. The molecule has 7 heteroatoms. The summed E-state index contributed by atoms with van der Waals surface area (Å²) in [6, 6.07) is 1.19. The van der Waals surface area contributed by atoms with E-state index >= 15 is 0 Å². The highest BCUT2D eigenvalue weighted by atomic mass is 16.4. The first-order valence-corrected chi connectivity index (χ1v) is 9.75. The number of furan rings is 1. The monoisotopic (exact) mass is 397 g/mol. The molecular weight excluding hydrogens is 374 g/mol. The third kappa shape index (κ3) is 3.10. The highest BCUT2D eigenvalue weighted by Crippen LogP contribution is 2.32. The van der Waals surface area contributed by atoms with Crippen molar-refractivity contribution >= 4 is 33.8 Å². The van der Waals surface area contributed by atoms with Gasteiger partial charge in [-0.05, 0) is 57.2 Å². The van der Waals surface area contributed by atoms with Crippen LogP contribution in [0.25, 0.3) is 21.9 Å². The summed E-state index contributed by atoms with van der Waals surface area (Å²) < 4.78 is 11.2. The summed E-state index contributed by atoms with van der Waals surface area (Å²) in [6.07, 6.45) is 3.12. The Morgan fingerprint density at radius 2 is 1.93 bits per heavy atom. The molecule has 0 aliphatic carbocycles. The van der Waals surface area contributed by atoms with Gasteiger partial charge < -0.3 is 18.8 Å². The molecule has 3 heterocycles. The van der Waals surface area contributed by atoms with Crippen molar-refractivity contribution in [3.05, 3.63) is 45.0 Å². The first-order valence-electron chi connectivity index (χ1n) is 9.75. The van der Waals surface area contributed by atoms with Gasteiger partial charge in [0.25, 0.3) is 0 Å². The van der Waals surface area contributed by atoms with Crippen LogP contribution in [0.4, 0.5) is 0 Å². The molecule has 1 aromatic carbocycles.